The number of carboxylic acids is 1. The Labute approximate surface area is 158 Å². The van der Waals surface area contributed by atoms with Gasteiger partial charge in [0.2, 0.25) is 0 Å². The van der Waals surface area contributed by atoms with Crippen LogP contribution in [0.3, 0.4) is 0 Å². The summed E-state index contributed by atoms with van der Waals surface area (Å²) in [6.07, 6.45) is 4.56. The van der Waals surface area contributed by atoms with E-state index in [1.54, 1.807) is 12.1 Å². The van der Waals surface area contributed by atoms with Crippen molar-refractivity contribution in [2.24, 2.45) is 5.92 Å². The summed E-state index contributed by atoms with van der Waals surface area (Å²) >= 11 is 0. The van der Waals surface area contributed by atoms with Crippen molar-refractivity contribution < 1.29 is 23.8 Å². The number of urea groups is 1. The minimum absolute atomic E-state index is 0.00307. The lowest BCUT2D eigenvalue weighted by Crippen LogP contribution is -2.57. The lowest BCUT2D eigenvalue weighted by molar-refractivity contribution is -0.142. The molecule has 1 aliphatic carbocycles. The molecular weight excluding hydrogens is 351 g/mol. The first kappa shape index (κ1) is 19.6. The number of carboxylic acid groups (broad SMARTS) is 1. The van der Waals surface area contributed by atoms with Gasteiger partial charge in [-0.2, -0.15) is 0 Å². The second kappa shape index (κ2) is 8.69. The van der Waals surface area contributed by atoms with Crippen LogP contribution in [0.5, 0.6) is 0 Å². The molecular formula is C20H27FN2O4. The molecule has 1 aromatic rings. The first-order valence-corrected chi connectivity index (χ1v) is 9.59. The number of carbonyl (C=O) groups is 2. The smallest absolute Gasteiger partial charge is 0.315 e. The number of rotatable bonds is 5. The van der Waals surface area contributed by atoms with Gasteiger partial charge in [0.25, 0.3) is 0 Å². The maximum atomic E-state index is 13.2. The predicted molar refractivity (Wildman–Crippen MR) is 97.9 cm³/mol. The van der Waals surface area contributed by atoms with Crippen molar-refractivity contribution in [3.05, 3.63) is 35.6 Å². The van der Waals surface area contributed by atoms with Gasteiger partial charge >= 0.3 is 12.0 Å². The van der Waals surface area contributed by atoms with Crippen LogP contribution >= 0.6 is 0 Å². The molecule has 3 N–H and O–H groups in total. The van der Waals surface area contributed by atoms with Crippen LogP contribution in [0.2, 0.25) is 0 Å². The third-order valence-corrected chi connectivity index (χ3v) is 5.70. The number of carbonyl (C=O) groups excluding carboxylic acids is 1. The zero-order valence-electron chi connectivity index (χ0n) is 15.4. The SMILES string of the molecule is O=C(NC1CCC(C(=O)O)CC1)NC1(Cc2ccc(F)cc2)CCOCC1. The Morgan fingerprint density at radius 3 is 2.33 bits per heavy atom. The fourth-order valence-corrected chi connectivity index (χ4v) is 4.05. The van der Waals surface area contributed by atoms with Crippen LogP contribution in [0.4, 0.5) is 9.18 Å². The summed E-state index contributed by atoms with van der Waals surface area (Å²) in [6, 6.07) is 6.15. The van der Waals surface area contributed by atoms with Gasteiger partial charge in [-0.05, 0) is 62.6 Å². The van der Waals surface area contributed by atoms with E-state index in [4.69, 9.17) is 9.84 Å². The van der Waals surface area contributed by atoms with Gasteiger partial charge < -0.3 is 20.5 Å². The number of hydrogen-bond acceptors (Lipinski definition) is 3. The Bertz CT molecular complexity index is 650. The van der Waals surface area contributed by atoms with Crippen molar-refractivity contribution >= 4 is 12.0 Å². The van der Waals surface area contributed by atoms with Crippen molar-refractivity contribution in [2.45, 2.75) is 56.5 Å². The third kappa shape index (κ3) is 5.42. The normalized spacial score (nSPS) is 24.8. The first-order chi connectivity index (χ1) is 13.0. The van der Waals surface area contributed by atoms with E-state index < -0.39 is 11.5 Å². The fourth-order valence-electron chi connectivity index (χ4n) is 4.05. The highest BCUT2D eigenvalue weighted by molar-refractivity contribution is 5.75. The summed E-state index contributed by atoms with van der Waals surface area (Å²) < 4.78 is 18.6. The van der Waals surface area contributed by atoms with Crippen LogP contribution in [0, 0.1) is 11.7 Å². The van der Waals surface area contributed by atoms with Gasteiger partial charge in [-0.3, -0.25) is 4.79 Å². The number of hydrogen-bond donors (Lipinski definition) is 3. The van der Waals surface area contributed by atoms with Gasteiger partial charge in [-0.15, -0.1) is 0 Å². The Kier molecular flexibility index (Phi) is 6.31. The van der Waals surface area contributed by atoms with Gasteiger partial charge in [-0.1, -0.05) is 12.1 Å². The molecule has 1 heterocycles. The summed E-state index contributed by atoms with van der Waals surface area (Å²) in [6.45, 7) is 1.15. The van der Waals surface area contributed by atoms with Crippen LogP contribution in [0.25, 0.3) is 0 Å². The van der Waals surface area contributed by atoms with E-state index in [1.807, 2.05) is 0 Å². The van der Waals surface area contributed by atoms with Crippen LogP contribution < -0.4 is 10.6 Å². The number of halogens is 1. The Hall–Kier alpha value is -2.15. The van der Waals surface area contributed by atoms with Crippen LogP contribution in [0.1, 0.15) is 44.1 Å². The van der Waals surface area contributed by atoms with Crippen molar-refractivity contribution in [3.8, 4) is 0 Å². The van der Waals surface area contributed by atoms with Gasteiger partial charge in [-0.25, -0.2) is 9.18 Å². The topological polar surface area (TPSA) is 87.7 Å². The highest BCUT2D eigenvalue weighted by atomic mass is 19.1. The van der Waals surface area contributed by atoms with E-state index in [-0.39, 0.29) is 23.8 Å². The van der Waals surface area contributed by atoms with Crippen LogP contribution in [-0.2, 0) is 16.0 Å². The molecule has 3 rings (SSSR count). The van der Waals surface area contributed by atoms with Crippen LogP contribution in [0.15, 0.2) is 24.3 Å². The molecule has 0 bridgehead atoms. The summed E-state index contributed by atoms with van der Waals surface area (Å²) in [5, 5.41) is 15.2. The zero-order valence-corrected chi connectivity index (χ0v) is 15.4. The second-order valence-electron chi connectivity index (χ2n) is 7.68. The van der Waals surface area contributed by atoms with E-state index in [9.17, 15) is 14.0 Å². The summed E-state index contributed by atoms with van der Waals surface area (Å²) in [5.41, 5.74) is 0.555. The fraction of sp³-hybridized carbons (Fsp3) is 0.600. The maximum absolute atomic E-state index is 13.2. The summed E-state index contributed by atoms with van der Waals surface area (Å²) in [5.74, 6) is -1.33. The number of benzene rings is 1. The maximum Gasteiger partial charge on any atom is 0.315 e. The van der Waals surface area contributed by atoms with Gasteiger partial charge in [0.15, 0.2) is 0 Å². The molecule has 0 spiro atoms. The van der Waals surface area contributed by atoms with Crippen molar-refractivity contribution in [2.75, 3.05) is 13.2 Å². The van der Waals surface area contributed by atoms with Gasteiger partial charge in [0.1, 0.15) is 5.82 Å². The highest BCUT2D eigenvalue weighted by Gasteiger charge is 2.35. The molecule has 2 fully saturated rings. The molecule has 27 heavy (non-hydrogen) atoms. The molecule has 0 radical (unpaired) electrons. The van der Waals surface area contributed by atoms with Crippen molar-refractivity contribution in [3.63, 3.8) is 0 Å². The van der Waals surface area contributed by atoms with E-state index in [2.05, 4.69) is 10.6 Å². The minimum atomic E-state index is -0.752. The van der Waals surface area contributed by atoms with Crippen LogP contribution in [-0.4, -0.2) is 41.9 Å². The first-order valence-electron chi connectivity index (χ1n) is 9.59. The van der Waals surface area contributed by atoms with Crippen molar-refractivity contribution in [1.82, 2.24) is 10.6 Å². The lowest BCUT2D eigenvalue weighted by atomic mass is 9.83. The Balaban J connectivity index is 1.58. The molecule has 148 valence electrons. The molecule has 6 nitrogen and oxygen atoms in total. The second-order valence-corrected chi connectivity index (χ2v) is 7.68. The summed E-state index contributed by atoms with van der Waals surface area (Å²) in [4.78, 5) is 23.7. The average Bonchev–Trinajstić information content (AvgIpc) is 2.64. The average molecular weight is 378 g/mol. The van der Waals surface area contributed by atoms with E-state index in [0.29, 0.717) is 58.2 Å². The predicted octanol–water partition coefficient (Wildman–Crippen LogP) is 2.86. The molecule has 1 aromatic carbocycles. The molecule has 0 atom stereocenters. The molecule has 0 aromatic heterocycles. The number of ether oxygens (including phenoxy) is 1. The highest BCUT2D eigenvalue weighted by Crippen LogP contribution is 2.27. The lowest BCUT2D eigenvalue weighted by Gasteiger charge is -2.39. The Morgan fingerprint density at radius 2 is 1.74 bits per heavy atom. The molecule has 7 heteroatoms. The molecule has 2 aliphatic rings. The minimum Gasteiger partial charge on any atom is -0.481 e. The summed E-state index contributed by atoms with van der Waals surface area (Å²) in [7, 11) is 0. The zero-order chi connectivity index (χ0) is 19.3. The number of aliphatic carboxylic acids is 1. The molecule has 0 unspecified atom stereocenters. The van der Waals surface area contributed by atoms with E-state index in [0.717, 1.165) is 5.56 Å². The quantitative estimate of drug-likeness (QED) is 0.735. The number of nitrogens with one attached hydrogen (secondary N) is 2. The Morgan fingerprint density at radius 1 is 1.11 bits per heavy atom. The number of amides is 2. The monoisotopic (exact) mass is 378 g/mol. The molecule has 1 saturated carbocycles. The van der Waals surface area contributed by atoms with Gasteiger partial charge in [0.05, 0.1) is 11.5 Å². The van der Waals surface area contributed by atoms with Crippen molar-refractivity contribution in [1.29, 1.82) is 0 Å². The third-order valence-electron chi connectivity index (χ3n) is 5.70. The molecule has 1 saturated heterocycles. The molecule has 1 aliphatic heterocycles. The van der Waals surface area contributed by atoms with Gasteiger partial charge in [0, 0.05) is 19.3 Å². The van der Waals surface area contributed by atoms with E-state index >= 15 is 0 Å². The largest absolute Gasteiger partial charge is 0.481 e. The van der Waals surface area contributed by atoms with E-state index in [1.165, 1.54) is 12.1 Å². The molecule has 2 amide bonds. The standard InChI is InChI=1S/C20H27FN2O4/c21-16-5-1-14(2-6-16)13-20(9-11-27-12-10-20)23-19(26)22-17-7-3-15(4-8-17)18(24)25/h1-2,5-6,15,17H,3-4,7-13H2,(H,24,25)(H2,22,23,26).